The standard InChI is InChI=1S/C61H44/c1-4-18-43(19-5-1)45-22-14-24-47(36-45)49-26-16-28-51(38-49)53-40-54(52-29-17-27-50(39-52)48-25-15-23-46(37-48)44-20-6-2-7-21-44)42-56(41-53)61(55-30-8-3-9-31-55)59-34-12-10-32-57(59)58-33-11-13-35-60(58)61/h1-20,22-42,44H,21H2. The quantitative estimate of drug-likeness (QED) is 0.144. The summed E-state index contributed by atoms with van der Waals surface area (Å²) >= 11 is 0. The van der Waals surface area contributed by atoms with Crippen LogP contribution in [-0.2, 0) is 5.41 Å². The van der Waals surface area contributed by atoms with E-state index >= 15 is 0 Å². The van der Waals surface area contributed by atoms with Crippen molar-refractivity contribution in [2.75, 3.05) is 0 Å². The Balaban J connectivity index is 1.12. The SMILES string of the molecule is C1=CCC(c2cccc(-c3cccc(-c4cc(-c5cccc(-c6cccc(-c7ccccc7)c6)c5)cc(C5(c6ccccc6)c6ccccc6-c6ccccc65)c4)c3)c2)C=C1. The maximum Gasteiger partial charge on any atom is 0.0713 e. The second kappa shape index (κ2) is 15.6. The molecule has 0 nitrogen and oxygen atoms in total. The van der Waals surface area contributed by atoms with Crippen molar-refractivity contribution >= 4 is 0 Å². The molecule has 0 saturated heterocycles. The lowest BCUT2D eigenvalue weighted by Crippen LogP contribution is -2.28. The van der Waals surface area contributed by atoms with Crippen molar-refractivity contribution in [2.45, 2.75) is 17.8 Å². The molecule has 0 N–H and O–H groups in total. The van der Waals surface area contributed by atoms with Crippen molar-refractivity contribution in [3.63, 3.8) is 0 Å². The molecule has 61 heavy (non-hydrogen) atoms. The maximum atomic E-state index is 2.47. The van der Waals surface area contributed by atoms with Gasteiger partial charge in [-0.05, 0) is 137 Å². The van der Waals surface area contributed by atoms with Gasteiger partial charge in [0.05, 0.1) is 5.41 Å². The largest absolute Gasteiger partial charge is 0.0836 e. The summed E-state index contributed by atoms with van der Waals surface area (Å²) in [7, 11) is 0. The van der Waals surface area contributed by atoms with Crippen LogP contribution < -0.4 is 0 Å². The Morgan fingerprint density at radius 2 is 0.738 bits per heavy atom. The zero-order chi connectivity index (χ0) is 40.6. The molecule has 2 aliphatic carbocycles. The Morgan fingerprint density at radius 1 is 0.311 bits per heavy atom. The van der Waals surface area contributed by atoms with Crippen molar-refractivity contribution in [1.82, 2.24) is 0 Å². The van der Waals surface area contributed by atoms with Gasteiger partial charge in [0.1, 0.15) is 0 Å². The molecule has 0 heteroatoms. The lowest BCUT2D eigenvalue weighted by molar-refractivity contribution is 0.769. The summed E-state index contributed by atoms with van der Waals surface area (Å²) < 4.78 is 0. The fourth-order valence-electron chi connectivity index (χ4n) is 9.93. The molecule has 1 unspecified atom stereocenters. The summed E-state index contributed by atoms with van der Waals surface area (Å²) in [5.74, 6) is 0.398. The highest BCUT2D eigenvalue weighted by molar-refractivity contribution is 5.89. The molecule has 2 aliphatic rings. The zero-order valence-electron chi connectivity index (χ0n) is 34.0. The van der Waals surface area contributed by atoms with Crippen molar-refractivity contribution < 1.29 is 0 Å². The van der Waals surface area contributed by atoms with Crippen LogP contribution in [0.2, 0.25) is 0 Å². The Morgan fingerprint density at radius 3 is 1.28 bits per heavy atom. The second-order valence-corrected chi connectivity index (χ2v) is 16.4. The van der Waals surface area contributed by atoms with E-state index in [9.17, 15) is 0 Å². The predicted molar refractivity (Wildman–Crippen MR) is 257 cm³/mol. The van der Waals surface area contributed by atoms with E-state index in [1.165, 1.54) is 94.6 Å². The smallest absolute Gasteiger partial charge is 0.0713 e. The zero-order valence-corrected chi connectivity index (χ0v) is 34.0. The minimum Gasteiger partial charge on any atom is -0.0836 e. The molecule has 0 aromatic heterocycles. The van der Waals surface area contributed by atoms with E-state index in [1.807, 2.05) is 0 Å². The van der Waals surface area contributed by atoms with E-state index in [1.54, 1.807) is 0 Å². The van der Waals surface area contributed by atoms with Crippen molar-refractivity contribution in [3.05, 3.63) is 277 Å². The first-order valence-corrected chi connectivity index (χ1v) is 21.4. The molecule has 0 aliphatic heterocycles. The summed E-state index contributed by atoms with van der Waals surface area (Å²) in [6.45, 7) is 0. The number of hydrogen-bond acceptors (Lipinski definition) is 0. The summed E-state index contributed by atoms with van der Waals surface area (Å²) in [4.78, 5) is 0. The lowest BCUT2D eigenvalue weighted by atomic mass is 9.67. The molecule has 288 valence electrons. The number of rotatable bonds is 8. The first kappa shape index (κ1) is 36.5. The molecule has 0 fully saturated rings. The van der Waals surface area contributed by atoms with Gasteiger partial charge >= 0.3 is 0 Å². The minimum atomic E-state index is -0.533. The Bertz CT molecular complexity index is 3060. The summed E-state index contributed by atoms with van der Waals surface area (Å²) in [5.41, 5.74) is 20.6. The van der Waals surface area contributed by atoms with E-state index in [4.69, 9.17) is 0 Å². The molecule has 0 bridgehead atoms. The highest BCUT2D eigenvalue weighted by Gasteiger charge is 2.46. The highest BCUT2D eigenvalue weighted by Crippen LogP contribution is 2.57. The molecule has 0 spiro atoms. The fourth-order valence-corrected chi connectivity index (χ4v) is 9.93. The van der Waals surface area contributed by atoms with Gasteiger partial charge in [-0.3, -0.25) is 0 Å². The predicted octanol–water partition coefficient (Wildman–Crippen LogP) is 16.0. The molecule has 0 saturated carbocycles. The van der Waals surface area contributed by atoms with Gasteiger partial charge in [0.2, 0.25) is 0 Å². The van der Waals surface area contributed by atoms with Crippen LogP contribution >= 0.6 is 0 Å². The summed E-state index contributed by atoms with van der Waals surface area (Å²) in [6.07, 6.45) is 9.94. The average molecular weight is 777 g/mol. The molecule has 0 amide bonds. The van der Waals surface area contributed by atoms with Crippen LogP contribution in [0.15, 0.2) is 249 Å². The van der Waals surface area contributed by atoms with Gasteiger partial charge in [-0.1, -0.05) is 212 Å². The Hall–Kier alpha value is -7.54. The van der Waals surface area contributed by atoms with Crippen LogP contribution in [0.1, 0.15) is 40.2 Å². The molecule has 1 atom stereocenters. The van der Waals surface area contributed by atoms with Crippen molar-refractivity contribution in [2.24, 2.45) is 0 Å². The lowest BCUT2D eigenvalue weighted by Gasteiger charge is -2.34. The van der Waals surface area contributed by atoms with Crippen molar-refractivity contribution in [1.29, 1.82) is 0 Å². The van der Waals surface area contributed by atoms with E-state index in [0.29, 0.717) is 5.92 Å². The summed E-state index contributed by atoms with van der Waals surface area (Å²) in [5, 5.41) is 0. The van der Waals surface area contributed by atoms with Gasteiger partial charge < -0.3 is 0 Å². The van der Waals surface area contributed by atoms with Gasteiger partial charge in [-0.15, -0.1) is 0 Å². The summed E-state index contributed by atoms with van der Waals surface area (Å²) in [6, 6.07) is 83.5. The molecular weight excluding hydrogens is 733 g/mol. The molecule has 0 radical (unpaired) electrons. The first-order chi connectivity index (χ1) is 30.2. The van der Waals surface area contributed by atoms with Crippen LogP contribution in [-0.4, -0.2) is 0 Å². The maximum absolute atomic E-state index is 2.47. The van der Waals surface area contributed by atoms with E-state index in [0.717, 1.165) is 6.42 Å². The fraction of sp³-hybridized carbons (Fsp3) is 0.0492. The van der Waals surface area contributed by atoms with Crippen LogP contribution in [0.25, 0.3) is 66.8 Å². The third-order valence-corrected chi connectivity index (χ3v) is 12.8. The van der Waals surface area contributed by atoms with Crippen LogP contribution in [0, 0.1) is 0 Å². The number of allylic oxidation sites excluding steroid dienone is 4. The Kier molecular flexibility index (Phi) is 9.32. The number of benzene rings is 9. The second-order valence-electron chi connectivity index (χ2n) is 16.4. The van der Waals surface area contributed by atoms with Gasteiger partial charge in [0.15, 0.2) is 0 Å². The molecule has 9 aromatic carbocycles. The van der Waals surface area contributed by atoms with E-state index in [-0.39, 0.29) is 0 Å². The Labute approximate surface area is 359 Å². The van der Waals surface area contributed by atoms with E-state index < -0.39 is 5.41 Å². The third kappa shape index (κ3) is 6.58. The average Bonchev–Trinajstić information content (AvgIpc) is 3.66. The van der Waals surface area contributed by atoms with Gasteiger partial charge in [-0.2, -0.15) is 0 Å². The van der Waals surface area contributed by atoms with Crippen LogP contribution in [0.5, 0.6) is 0 Å². The van der Waals surface area contributed by atoms with E-state index in [2.05, 4.69) is 249 Å². The molecule has 9 aromatic rings. The van der Waals surface area contributed by atoms with Gasteiger partial charge in [-0.25, -0.2) is 0 Å². The number of hydrogen-bond donors (Lipinski definition) is 0. The van der Waals surface area contributed by atoms with Gasteiger partial charge in [0, 0.05) is 5.92 Å². The normalized spacial score (nSPS) is 14.7. The first-order valence-electron chi connectivity index (χ1n) is 21.4. The van der Waals surface area contributed by atoms with Crippen molar-refractivity contribution in [3.8, 4) is 66.8 Å². The third-order valence-electron chi connectivity index (χ3n) is 12.8. The van der Waals surface area contributed by atoms with Crippen LogP contribution in [0.4, 0.5) is 0 Å². The molecule has 0 heterocycles. The van der Waals surface area contributed by atoms with Gasteiger partial charge in [0.25, 0.3) is 0 Å². The highest BCUT2D eigenvalue weighted by atomic mass is 14.5. The number of fused-ring (bicyclic) bond motifs is 3. The molecule has 11 rings (SSSR count). The minimum absolute atomic E-state index is 0.398. The molecular formula is C61H44. The monoisotopic (exact) mass is 776 g/mol. The topological polar surface area (TPSA) is 0 Å². The van der Waals surface area contributed by atoms with Crippen LogP contribution in [0.3, 0.4) is 0 Å².